The number of esters is 1. The summed E-state index contributed by atoms with van der Waals surface area (Å²) in [6.45, 7) is 1.86. The first-order valence-corrected chi connectivity index (χ1v) is 8.34. The summed E-state index contributed by atoms with van der Waals surface area (Å²) in [6.07, 6.45) is 0.593. The van der Waals surface area contributed by atoms with E-state index in [1.54, 1.807) is 13.0 Å². The summed E-state index contributed by atoms with van der Waals surface area (Å²) in [4.78, 5) is 16.3. The molecule has 134 valence electrons. The van der Waals surface area contributed by atoms with Crippen LogP contribution in [0.25, 0.3) is 5.69 Å². The van der Waals surface area contributed by atoms with Crippen molar-refractivity contribution in [3.05, 3.63) is 47.5 Å². The van der Waals surface area contributed by atoms with Crippen molar-refractivity contribution >= 4 is 5.97 Å². The smallest absolute Gasteiger partial charge is 0.418 e. The van der Waals surface area contributed by atoms with Crippen LogP contribution < -0.4 is 0 Å². The molecule has 0 N–H and O–H groups in total. The minimum absolute atomic E-state index is 0.0139. The third-order valence-electron chi connectivity index (χ3n) is 4.41. The molecule has 2 aromatic rings. The van der Waals surface area contributed by atoms with Gasteiger partial charge in [-0.15, -0.1) is 0 Å². The average Bonchev–Trinajstić information content (AvgIpc) is 3.23. The second-order valence-electron chi connectivity index (χ2n) is 6.07. The number of carbonyl (C=O) groups is 1. The van der Waals surface area contributed by atoms with Crippen molar-refractivity contribution in [2.45, 2.75) is 44.7 Å². The molecule has 0 atom stereocenters. The molecule has 1 aliphatic carbocycles. The number of benzene rings is 1. The molecule has 0 spiro atoms. The fourth-order valence-corrected chi connectivity index (χ4v) is 3.29. The minimum atomic E-state index is -4.49. The van der Waals surface area contributed by atoms with Gasteiger partial charge in [0.15, 0.2) is 5.69 Å². The Balaban J connectivity index is 2.13. The SMILES string of the molecule is CCOC(=O)c1cn(-c2ccccc2C(F)(F)F)c(C2CCCC2)n1. The topological polar surface area (TPSA) is 44.1 Å². The summed E-state index contributed by atoms with van der Waals surface area (Å²) in [5.74, 6) is -0.0771. The van der Waals surface area contributed by atoms with Crippen LogP contribution in [-0.2, 0) is 10.9 Å². The highest BCUT2D eigenvalue weighted by Crippen LogP contribution is 2.38. The van der Waals surface area contributed by atoms with Gasteiger partial charge in [0.1, 0.15) is 5.82 Å². The van der Waals surface area contributed by atoms with Crippen molar-refractivity contribution in [1.29, 1.82) is 0 Å². The van der Waals surface area contributed by atoms with Crippen LogP contribution in [0.3, 0.4) is 0 Å². The molecule has 0 bridgehead atoms. The largest absolute Gasteiger partial charge is 0.461 e. The highest BCUT2D eigenvalue weighted by molar-refractivity contribution is 5.87. The van der Waals surface area contributed by atoms with Gasteiger partial charge in [-0.3, -0.25) is 0 Å². The van der Waals surface area contributed by atoms with Crippen molar-refractivity contribution in [3.63, 3.8) is 0 Å². The molecule has 0 saturated heterocycles. The van der Waals surface area contributed by atoms with Crippen molar-refractivity contribution in [3.8, 4) is 5.69 Å². The average molecular weight is 352 g/mol. The highest BCUT2D eigenvalue weighted by Gasteiger charge is 2.35. The Morgan fingerprint density at radius 1 is 1.28 bits per heavy atom. The molecule has 3 rings (SSSR count). The van der Waals surface area contributed by atoms with Gasteiger partial charge in [-0.25, -0.2) is 9.78 Å². The van der Waals surface area contributed by atoms with Gasteiger partial charge >= 0.3 is 12.1 Å². The standard InChI is InChI=1S/C18H19F3N2O2/c1-2-25-17(24)14-11-23(16(22-14)12-7-3-4-8-12)15-10-6-5-9-13(15)18(19,20)21/h5-6,9-12H,2-4,7-8H2,1H3. The number of halogens is 3. The van der Waals surface area contributed by atoms with Crippen molar-refractivity contribution < 1.29 is 22.7 Å². The first kappa shape index (κ1) is 17.5. The molecular weight excluding hydrogens is 333 g/mol. The number of hydrogen-bond donors (Lipinski definition) is 0. The third-order valence-corrected chi connectivity index (χ3v) is 4.41. The summed E-state index contributed by atoms with van der Waals surface area (Å²) in [7, 11) is 0. The Hall–Kier alpha value is -2.31. The van der Waals surface area contributed by atoms with E-state index < -0.39 is 17.7 Å². The lowest BCUT2D eigenvalue weighted by Gasteiger charge is -2.17. The van der Waals surface area contributed by atoms with E-state index in [1.165, 1.54) is 22.9 Å². The summed E-state index contributed by atoms with van der Waals surface area (Å²) in [6, 6.07) is 5.34. The Kier molecular flexibility index (Phi) is 4.83. The number of imidazole rings is 1. The number of aromatic nitrogens is 2. The predicted molar refractivity (Wildman–Crippen MR) is 85.7 cm³/mol. The van der Waals surface area contributed by atoms with Gasteiger partial charge in [-0.1, -0.05) is 25.0 Å². The number of carbonyl (C=O) groups excluding carboxylic acids is 1. The Morgan fingerprint density at radius 3 is 2.60 bits per heavy atom. The molecule has 7 heteroatoms. The van der Waals surface area contributed by atoms with Crippen LogP contribution in [0.1, 0.15) is 60.4 Å². The molecule has 25 heavy (non-hydrogen) atoms. The maximum Gasteiger partial charge on any atom is 0.418 e. The highest BCUT2D eigenvalue weighted by atomic mass is 19.4. The van der Waals surface area contributed by atoms with Crippen LogP contribution in [0.5, 0.6) is 0 Å². The van der Waals surface area contributed by atoms with Gasteiger partial charge in [0, 0.05) is 12.1 Å². The van der Waals surface area contributed by atoms with Crippen molar-refractivity contribution in [1.82, 2.24) is 9.55 Å². The van der Waals surface area contributed by atoms with E-state index in [-0.39, 0.29) is 23.9 Å². The molecule has 1 aliphatic rings. The van der Waals surface area contributed by atoms with E-state index >= 15 is 0 Å². The predicted octanol–water partition coefficient (Wildman–Crippen LogP) is 4.73. The van der Waals surface area contributed by atoms with Crippen LogP contribution in [-0.4, -0.2) is 22.1 Å². The maximum absolute atomic E-state index is 13.4. The summed E-state index contributed by atoms with van der Waals surface area (Å²) < 4.78 is 46.6. The fourth-order valence-electron chi connectivity index (χ4n) is 3.29. The zero-order chi connectivity index (χ0) is 18.0. The molecular formula is C18H19F3N2O2. The van der Waals surface area contributed by atoms with Crippen LogP contribution in [0.2, 0.25) is 0 Å². The monoisotopic (exact) mass is 352 g/mol. The Labute approximate surface area is 143 Å². The van der Waals surface area contributed by atoms with Gasteiger partial charge in [-0.2, -0.15) is 13.2 Å². The molecule has 1 fully saturated rings. The van der Waals surface area contributed by atoms with Gasteiger partial charge in [-0.05, 0) is 31.9 Å². The second-order valence-corrected chi connectivity index (χ2v) is 6.07. The fraction of sp³-hybridized carbons (Fsp3) is 0.444. The Morgan fingerprint density at radius 2 is 1.96 bits per heavy atom. The maximum atomic E-state index is 13.4. The number of alkyl halides is 3. The molecule has 0 aliphatic heterocycles. The number of hydrogen-bond acceptors (Lipinski definition) is 3. The molecule has 0 amide bonds. The summed E-state index contributed by atoms with van der Waals surface area (Å²) >= 11 is 0. The summed E-state index contributed by atoms with van der Waals surface area (Å²) in [5.41, 5.74) is -0.720. The lowest BCUT2D eigenvalue weighted by molar-refractivity contribution is -0.137. The molecule has 1 heterocycles. The number of nitrogens with zero attached hydrogens (tertiary/aromatic N) is 2. The number of para-hydroxylation sites is 1. The second kappa shape index (κ2) is 6.90. The zero-order valence-electron chi connectivity index (χ0n) is 13.8. The van der Waals surface area contributed by atoms with E-state index in [0.29, 0.717) is 5.82 Å². The van der Waals surface area contributed by atoms with Gasteiger partial charge in [0.2, 0.25) is 0 Å². The van der Waals surface area contributed by atoms with Crippen LogP contribution >= 0.6 is 0 Å². The van der Waals surface area contributed by atoms with Crippen LogP contribution in [0.4, 0.5) is 13.2 Å². The van der Waals surface area contributed by atoms with E-state index in [0.717, 1.165) is 31.7 Å². The van der Waals surface area contributed by atoms with Gasteiger partial charge < -0.3 is 9.30 Å². The molecule has 0 unspecified atom stereocenters. The van der Waals surface area contributed by atoms with E-state index in [4.69, 9.17) is 4.74 Å². The van der Waals surface area contributed by atoms with Crippen molar-refractivity contribution in [2.75, 3.05) is 6.61 Å². The number of ether oxygens (including phenoxy) is 1. The molecule has 0 radical (unpaired) electrons. The molecule has 4 nitrogen and oxygen atoms in total. The molecule has 1 aromatic carbocycles. The van der Waals surface area contributed by atoms with E-state index in [1.807, 2.05) is 0 Å². The third kappa shape index (κ3) is 3.55. The zero-order valence-corrected chi connectivity index (χ0v) is 13.8. The summed E-state index contributed by atoms with van der Waals surface area (Å²) in [5, 5.41) is 0. The van der Waals surface area contributed by atoms with Crippen LogP contribution in [0.15, 0.2) is 30.5 Å². The lowest BCUT2D eigenvalue weighted by atomic mass is 10.1. The first-order valence-electron chi connectivity index (χ1n) is 8.34. The van der Waals surface area contributed by atoms with Gasteiger partial charge in [0.25, 0.3) is 0 Å². The Bertz CT molecular complexity index is 762. The van der Waals surface area contributed by atoms with E-state index in [2.05, 4.69) is 4.98 Å². The first-order chi connectivity index (χ1) is 11.9. The van der Waals surface area contributed by atoms with E-state index in [9.17, 15) is 18.0 Å². The normalized spacial score (nSPS) is 15.5. The minimum Gasteiger partial charge on any atom is -0.461 e. The molecule has 1 aromatic heterocycles. The van der Waals surface area contributed by atoms with Crippen LogP contribution in [0, 0.1) is 0 Å². The van der Waals surface area contributed by atoms with Crippen molar-refractivity contribution in [2.24, 2.45) is 0 Å². The molecule has 1 saturated carbocycles. The number of rotatable bonds is 4. The quantitative estimate of drug-likeness (QED) is 0.748. The van der Waals surface area contributed by atoms with Gasteiger partial charge in [0.05, 0.1) is 17.9 Å². The lowest BCUT2D eigenvalue weighted by Crippen LogP contribution is -2.13.